The summed E-state index contributed by atoms with van der Waals surface area (Å²) >= 11 is 0. The van der Waals surface area contributed by atoms with Crippen LogP contribution in [-0.4, -0.2) is 35.6 Å². The van der Waals surface area contributed by atoms with Crippen LogP contribution in [0.1, 0.15) is 13.3 Å². The zero-order valence-corrected chi connectivity index (χ0v) is 6.50. The highest BCUT2D eigenvalue weighted by Gasteiger charge is 2.05. The molecule has 0 rings (SSSR count). The highest BCUT2D eigenvalue weighted by Crippen LogP contribution is 1.83. The van der Waals surface area contributed by atoms with Gasteiger partial charge in [-0.3, -0.25) is 0 Å². The highest BCUT2D eigenvalue weighted by atomic mass is 16.3. The summed E-state index contributed by atoms with van der Waals surface area (Å²) < 4.78 is 0. The lowest BCUT2D eigenvalue weighted by molar-refractivity contribution is 0.109. The molecule has 0 aromatic carbocycles. The Kier molecular flexibility index (Phi) is 5.50. The van der Waals surface area contributed by atoms with E-state index in [0.29, 0.717) is 6.54 Å². The first-order chi connectivity index (χ1) is 5.20. The van der Waals surface area contributed by atoms with Crippen molar-refractivity contribution < 1.29 is 15.0 Å². The van der Waals surface area contributed by atoms with Crippen molar-refractivity contribution in [2.45, 2.75) is 19.6 Å². The number of carbonyl (C=O) groups is 1. The molecule has 0 bridgehead atoms. The van der Waals surface area contributed by atoms with Crippen molar-refractivity contribution in [2.24, 2.45) is 0 Å². The fourth-order valence-electron chi connectivity index (χ4n) is 0.557. The zero-order chi connectivity index (χ0) is 8.69. The molecule has 0 fully saturated rings. The number of urea groups is 1. The molecular weight excluding hydrogens is 148 g/mol. The maximum atomic E-state index is 10.7. The molecule has 11 heavy (non-hydrogen) atoms. The van der Waals surface area contributed by atoms with Gasteiger partial charge in [0.25, 0.3) is 0 Å². The predicted molar refractivity (Wildman–Crippen MR) is 39.9 cm³/mol. The van der Waals surface area contributed by atoms with E-state index in [1.54, 1.807) is 6.92 Å². The Morgan fingerprint density at radius 1 is 1.64 bits per heavy atom. The predicted octanol–water partition coefficient (Wildman–Crippen LogP) is -0.994. The van der Waals surface area contributed by atoms with Crippen LogP contribution >= 0.6 is 0 Å². The Balaban J connectivity index is 3.40. The molecule has 0 aromatic rings. The van der Waals surface area contributed by atoms with Gasteiger partial charge in [-0.1, -0.05) is 0 Å². The molecule has 1 unspecified atom stereocenters. The SMILES string of the molecule is CCNC(=O)NC(O)CCO. The van der Waals surface area contributed by atoms with Crippen LogP contribution in [0.15, 0.2) is 0 Å². The molecule has 5 nitrogen and oxygen atoms in total. The van der Waals surface area contributed by atoms with Crippen molar-refractivity contribution in [3.05, 3.63) is 0 Å². The number of hydrogen-bond donors (Lipinski definition) is 4. The van der Waals surface area contributed by atoms with E-state index < -0.39 is 12.3 Å². The molecular formula is C6H14N2O3. The molecule has 0 aromatic heterocycles. The second-order valence-electron chi connectivity index (χ2n) is 2.03. The molecule has 0 saturated carbocycles. The summed E-state index contributed by atoms with van der Waals surface area (Å²) in [6, 6.07) is -0.423. The smallest absolute Gasteiger partial charge is 0.316 e. The van der Waals surface area contributed by atoms with Gasteiger partial charge in [0.05, 0.1) is 0 Å². The van der Waals surface area contributed by atoms with Gasteiger partial charge >= 0.3 is 6.03 Å². The Morgan fingerprint density at radius 3 is 2.73 bits per heavy atom. The quantitative estimate of drug-likeness (QED) is 0.400. The Hall–Kier alpha value is -0.810. The third-order valence-corrected chi connectivity index (χ3v) is 1.04. The molecule has 4 N–H and O–H groups in total. The first-order valence-corrected chi connectivity index (χ1v) is 3.54. The van der Waals surface area contributed by atoms with Gasteiger partial charge in [-0.2, -0.15) is 0 Å². The molecule has 66 valence electrons. The lowest BCUT2D eigenvalue weighted by Gasteiger charge is -2.10. The molecule has 5 heteroatoms. The molecule has 0 saturated heterocycles. The lowest BCUT2D eigenvalue weighted by atomic mass is 10.4. The number of rotatable bonds is 4. The summed E-state index contributed by atoms with van der Waals surface area (Å²) in [5, 5.41) is 21.9. The second kappa shape index (κ2) is 5.94. The van der Waals surface area contributed by atoms with Crippen LogP contribution in [0.3, 0.4) is 0 Å². The van der Waals surface area contributed by atoms with E-state index in [2.05, 4.69) is 10.6 Å². The van der Waals surface area contributed by atoms with E-state index in [1.807, 2.05) is 0 Å². The maximum absolute atomic E-state index is 10.7. The van der Waals surface area contributed by atoms with Crippen LogP contribution in [-0.2, 0) is 0 Å². The van der Waals surface area contributed by atoms with E-state index in [-0.39, 0.29) is 13.0 Å². The topological polar surface area (TPSA) is 81.6 Å². The van der Waals surface area contributed by atoms with Gasteiger partial charge in [0, 0.05) is 19.6 Å². The highest BCUT2D eigenvalue weighted by molar-refractivity contribution is 5.73. The first-order valence-electron chi connectivity index (χ1n) is 3.54. The largest absolute Gasteiger partial charge is 0.396 e. The number of aliphatic hydroxyl groups is 2. The van der Waals surface area contributed by atoms with Gasteiger partial charge in [0.15, 0.2) is 0 Å². The van der Waals surface area contributed by atoms with Crippen LogP contribution in [0.5, 0.6) is 0 Å². The monoisotopic (exact) mass is 162 g/mol. The third-order valence-electron chi connectivity index (χ3n) is 1.04. The molecule has 0 aliphatic rings. The van der Waals surface area contributed by atoms with E-state index >= 15 is 0 Å². The van der Waals surface area contributed by atoms with Gasteiger partial charge in [-0.15, -0.1) is 0 Å². The molecule has 0 aliphatic heterocycles. The van der Waals surface area contributed by atoms with E-state index in [0.717, 1.165) is 0 Å². The minimum atomic E-state index is -0.966. The third kappa shape index (κ3) is 5.63. The normalized spacial score (nSPS) is 12.3. The summed E-state index contributed by atoms with van der Waals surface area (Å²) in [6.07, 6.45) is -0.816. The number of aliphatic hydroxyl groups excluding tert-OH is 2. The number of carbonyl (C=O) groups excluding carboxylic acids is 1. The molecule has 1 atom stereocenters. The van der Waals surface area contributed by atoms with Gasteiger partial charge in [-0.25, -0.2) is 4.79 Å². The molecule has 0 spiro atoms. The summed E-state index contributed by atoms with van der Waals surface area (Å²) in [5.74, 6) is 0. The van der Waals surface area contributed by atoms with Crippen molar-refractivity contribution in [1.29, 1.82) is 0 Å². The summed E-state index contributed by atoms with van der Waals surface area (Å²) in [4.78, 5) is 10.7. The second-order valence-corrected chi connectivity index (χ2v) is 2.03. The van der Waals surface area contributed by atoms with Crippen LogP contribution in [0.4, 0.5) is 4.79 Å². The molecule has 0 aliphatic carbocycles. The van der Waals surface area contributed by atoms with Gasteiger partial charge < -0.3 is 20.8 Å². The minimum absolute atomic E-state index is 0.145. The van der Waals surface area contributed by atoms with E-state index in [9.17, 15) is 4.79 Å². The molecule has 0 radical (unpaired) electrons. The van der Waals surface area contributed by atoms with E-state index in [1.165, 1.54) is 0 Å². The van der Waals surface area contributed by atoms with Crippen molar-refractivity contribution in [3.8, 4) is 0 Å². The summed E-state index contributed by atoms with van der Waals surface area (Å²) in [5.41, 5.74) is 0. The fourth-order valence-corrected chi connectivity index (χ4v) is 0.557. The summed E-state index contributed by atoms with van der Waals surface area (Å²) in [6.45, 7) is 2.14. The zero-order valence-electron chi connectivity index (χ0n) is 6.50. The minimum Gasteiger partial charge on any atom is -0.396 e. The number of nitrogens with one attached hydrogen (secondary N) is 2. The number of hydrogen-bond acceptors (Lipinski definition) is 3. The Morgan fingerprint density at radius 2 is 2.27 bits per heavy atom. The van der Waals surface area contributed by atoms with Crippen LogP contribution in [0, 0.1) is 0 Å². The van der Waals surface area contributed by atoms with Crippen molar-refractivity contribution in [3.63, 3.8) is 0 Å². The average Bonchev–Trinajstić information content (AvgIpc) is 1.87. The average molecular weight is 162 g/mol. The lowest BCUT2D eigenvalue weighted by Crippen LogP contribution is -2.42. The Labute approximate surface area is 65.4 Å². The standard InChI is InChI=1S/C6H14N2O3/c1-2-7-6(11)8-5(10)3-4-9/h5,9-10H,2-4H2,1H3,(H2,7,8,11). The van der Waals surface area contributed by atoms with Crippen molar-refractivity contribution in [2.75, 3.05) is 13.2 Å². The van der Waals surface area contributed by atoms with Gasteiger partial charge in [0.1, 0.15) is 6.23 Å². The van der Waals surface area contributed by atoms with E-state index in [4.69, 9.17) is 10.2 Å². The van der Waals surface area contributed by atoms with Crippen molar-refractivity contribution >= 4 is 6.03 Å². The molecule has 0 heterocycles. The Bertz CT molecular complexity index is 118. The van der Waals surface area contributed by atoms with Crippen LogP contribution < -0.4 is 10.6 Å². The maximum Gasteiger partial charge on any atom is 0.316 e. The molecule has 2 amide bonds. The van der Waals surface area contributed by atoms with Gasteiger partial charge in [-0.05, 0) is 6.92 Å². The van der Waals surface area contributed by atoms with Gasteiger partial charge in [0.2, 0.25) is 0 Å². The number of amides is 2. The van der Waals surface area contributed by atoms with Crippen molar-refractivity contribution in [1.82, 2.24) is 10.6 Å². The van der Waals surface area contributed by atoms with Crippen LogP contribution in [0.2, 0.25) is 0 Å². The summed E-state index contributed by atoms with van der Waals surface area (Å²) in [7, 11) is 0. The first kappa shape index (κ1) is 10.2. The fraction of sp³-hybridized carbons (Fsp3) is 0.833. The van der Waals surface area contributed by atoms with Crippen LogP contribution in [0.25, 0.3) is 0 Å².